The first kappa shape index (κ1) is 24.9. The van der Waals surface area contributed by atoms with Crippen LogP contribution >= 0.6 is 22.7 Å². The number of imidazole rings is 1. The van der Waals surface area contributed by atoms with Gasteiger partial charge in [0.15, 0.2) is 10.9 Å². The highest BCUT2D eigenvalue weighted by Crippen LogP contribution is 2.38. The average molecular weight is 540 g/mol. The van der Waals surface area contributed by atoms with Gasteiger partial charge in [0.1, 0.15) is 22.5 Å². The van der Waals surface area contributed by atoms with E-state index in [1.807, 2.05) is 30.4 Å². The van der Waals surface area contributed by atoms with Crippen LogP contribution in [0.25, 0.3) is 16.2 Å². The Labute approximate surface area is 221 Å². The summed E-state index contributed by atoms with van der Waals surface area (Å²) >= 11 is 2.79. The van der Waals surface area contributed by atoms with Crippen molar-refractivity contribution in [3.05, 3.63) is 40.7 Å². The van der Waals surface area contributed by atoms with Crippen LogP contribution in [0.3, 0.4) is 0 Å². The summed E-state index contributed by atoms with van der Waals surface area (Å²) in [4.78, 5) is 28.7. The Morgan fingerprint density at radius 1 is 1.27 bits per heavy atom. The normalized spacial score (nSPS) is 15.2. The molecule has 0 aliphatic carbocycles. The van der Waals surface area contributed by atoms with Crippen molar-refractivity contribution >= 4 is 49.7 Å². The molecule has 1 aliphatic rings. The van der Waals surface area contributed by atoms with Crippen LogP contribution in [0.4, 0.5) is 25.3 Å². The molecular weight excluding hydrogens is 513 g/mol. The molecule has 3 aromatic heterocycles. The van der Waals surface area contributed by atoms with Gasteiger partial charge in [0.2, 0.25) is 10.1 Å². The van der Waals surface area contributed by atoms with Gasteiger partial charge in [-0.1, -0.05) is 29.6 Å². The molecule has 4 aromatic rings. The lowest BCUT2D eigenvalue weighted by atomic mass is 10.1. The number of aromatic nitrogens is 4. The van der Waals surface area contributed by atoms with Crippen LogP contribution in [-0.2, 0) is 6.42 Å². The second-order valence-corrected chi connectivity index (χ2v) is 10.6. The zero-order valence-corrected chi connectivity index (χ0v) is 22.5. The molecule has 1 saturated heterocycles. The number of anilines is 3. The van der Waals surface area contributed by atoms with E-state index >= 15 is 0 Å². The summed E-state index contributed by atoms with van der Waals surface area (Å²) in [6.45, 7) is 3.54. The number of carbonyl (C=O) groups is 1. The molecule has 1 unspecified atom stereocenters. The molecule has 5 rings (SSSR count). The molecule has 0 spiro atoms. The molecule has 37 heavy (non-hydrogen) atoms. The Morgan fingerprint density at radius 2 is 2.03 bits per heavy atom. The van der Waals surface area contributed by atoms with Gasteiger partial charge in [-0.3, -0.25) is 0 Å². The Kier molecular flexibility index (Phi) is 6.70. The van der Waals surface area contributed by atoms with Gasteiger partial charge in [-0.15, -0.1) is 5.10 Å². The number of nitriles is 1. The van der Waals surface area contributed by atoms with E-state index < -0.39 is 0 Å². The first-order chi connectivity index (χ1) is 17.8. The highest BCUT2D eigenvalue weighted by Gasteiger charge is 2.31. The number of fused-ring (bicyclic) bond motifs is 1. The molecule has 4 heterocycles. The molecule has 1 fully saturated rings. The van der Waals surface area contributed by atoms with E-state index in [1.165, 1.54) is 34.8 Å². The molecule has 2 amide bonds. The summed E-state index contributed by atoms with van der Waals surface area (Å²) in [5, 5.41) is 18.8. The number of halogens is 1. The fourth-order valence-electron chi connectivity index (χ4n) is 4.47. The third kappa shape index (κ3) is 4.47. The minimum absolute atomic E-state index is 0.0996. The van der Waals surface area contributed by atoms with Crippen molar-refractivity contribution in [2.75, 3.05) is 44.0 Å². The molecule has 1 aromatic carbocycles. The average Bonchev–Trinajstić information content (AvgIpc) is 3.69. The summed E-state index contributed by atoms with van der Waals surface area (Å²) < 4.78 is 15.3. The Hall–Kier alpha value is -3.76. The maximum absolute atomic E-state index is 13.4. The van der Waals surface area contributed by atoms with Crippen molar-refractivity contribution in [2.45, 2.75) is 25.8 Å². The number of amides is 2. The lowest BCUT2D eigenvalue weighted by Crippen LogP contribution is -2.43. The topological polar surface area (TPSA) is 106 Å². The molecule has 1 atom stereocenters. The summed E-state index contributed by atoms with van der Waals surface area (Å²) in [7, 11) is 5.33. The number of likely N-dealkylation sites (N-methyl/N-ethyl adjacent to an activating group) is 1. The minimum atomic E-state index is -0.340. The maximum atomic E-state index is 13.4. The second kappa shape index (κ2) is 9.95. The minimum Gasteiger partial charge on any atom is -0.345 e. The smallest absolute Gasteiger partial charge is 0.317 e. The van der Waals surface area contributed by atoms with E-state index in [4.69, 9.17) is 15.1 Å². The first-order valence-electron chi connectivity index (χ1n) is 11.8. The van der Waals surface area contributed by atoms with Crippen LogP contribution in [0.1, 0.15) is 23.9 Å². The third-order valence-corrected chi connectivity index (χ3v) is 8.53. The van der Waals surface area contributed by atoms with Crippen LogP contribution in [0.15, 0.2) is 24.3 Å². The van der Waals surface area contributed by atoms with E-state index in [2.05, 4.69) is 16.3 Å². The zero-order valence-electron chi connectivity index (χ0n) is 20.9. The summed E-state index contributed by atoms with van der Waals surface area (Å²) in [6.07, 6.45) is 1.57. The van der Waals surface area contributed by atoms with Gasteiger partial charge in [0.25, 0.3) is 0 Å². The highest BCUT2D eigenvalue weighted by molar-refractivity contribution is 7.20. The molecule has 1 N–H and O–H groups in total. The SMILES string of the molecule is CCc1nc2sc(N3CCC(N(C)C(=O)NC)C3)nn2c1N(C)c1nc(-c2ccc(F)cc2)c(C#N)s1. The number of urea groups is 1. The van der Waals surface area contributed by atoms with Crippen LogP contribution in [0.5, 0.6) is 0 Å². The highest BCUT2D eigenvalue weighted by atomic mass is 32.1. The Morgan fingerprint density at radius 3 is 2.70 bits per heavy atom. The third-order valence-electron chi connectivity index (χ3n) is 6.53. The summed E-state index contributed by atoms with van der Waals surface area (Å²) in [5.41, 5.74) is 2.09. The van der Waals surface area contributed by atoms with Gasteiger partial charge in [-0.05, 0) is 37.1 Å². The number of hydrogen-bond acceptors (Lipinski definition) is 9. The standard InChI is InChI=1S/C24H26FN9OS2/c1-5-17-20(32(4)22-29-19(18(12-26)36-22)14-6-8-15(25)9-7-14)34-23(28-17)37-24(30-34)33-11-10-16(13-33)31(3)21(35)27-2/h6-9,16H,5,10-11,13H2,1-4H3,(H,27,35). The zero-order chi connectivity index (χ0) is 26.3. The van der Waals surface area contributed by atoms with Crippen LogP contribution in [-0.4, -0.2) is 70.8 Å². The van der Waals surface area contributed by atoms with Crippen LogP contribution in [0.2, 0.25) is 0 Å². The van der Waals surface area contributed by atoms with Crippen LogP contribution in [0, 0.1) is 17.1 Å². The number of nitrogens with zero attached hydrogens (tertiary/aromatic N) is 8. The van der Waals surface area contributed by atoms with Crippen molar-refractivity contribution in [1.29, 1.82) is 5.26 Å². The predicted molar refractivity (Wildman–Crippen MR) is 143 cm³/mol. The molecule has 10 nitrogen and oxygen atoms in total. The number of aryl methyl sites for hydroxylation is 1. The van der Waals surface area contributed by atoms with Crippen molar-refractivity contribution in [3.63, 3.8) is 0 Å². The Balaban J connectivity index is 1.47. The maximum Gasteiger partial charge on any atom is 0.317 e. The van der Waals surface area contributed by atoms with E-state index in [1.54, 1.807) is 24.1 Å². The molecule has 1 aliphatic heterocycles. The second-order valence-electron chi connectivity index (χ2n) is 8.72. The molecular formula is C24H26FN9OS2. The Bertz CT molecular complexity index is 1490. The molecule has 192 valence electrons. The first-order valence-corrected chi connectivity index (χ1v) is 13.5. The molecule has 0 radical (unpaired) electrons. The fraction of sp³-hybridized carbons (Fsp3) is 0.375. The van der Waals surface area contributed by atoms with Crippen molar-refractivity contribution < 1.29 is 9.18 Å². The number of carbonyl (C=O) groups excluding carboxylic acids is 1. The van der Waals surface area contributed by atoms with E-state index in [9.17, 15) is 14.4 Å². The monoisotopic (exact) mass is 539 g/mol. The molecule has 13 heteroatoms. The molecule has 0 saturated carbocycles. The van der Waals surface area contributed by atoms with Crippen LogP contribution < -0.4 is 15.1 Å². The largest absolute Gasteiger partial charge is 0.345 e. The number of nitrogens with one attached hydrogen (secondary N) is 1. The number of rotatable bonds is 6. The van der Waals surface area contributed by atoms with E-state index in [0.717, 1.165) is 34.6 Å². The summed E-state index contributed by atoms with van der Waals surface area (Å²) in [5.74, 6) is 0.454. The van der Waals surface area contributed by atoms with Crippen molar-refractivity contribution in [1.82, 2.24) is 29.8 Å². The number of benzene rings is 1. The predicted octanol–water partition coefficient (Wildman–Crippen LogP) is 4.11. The van der Waals surface area contributed by atoms with Gasteiger partial charge in [-0.2, -0.15) is 9.78 Å². The fourth-order valence-corrected chi connectivity index (χ4v) is 6.27. The van der Waals surface area contributed by atoms with Gasteiger partial charge in [0, 0.05) is 39.8 Å². The van der Waals surface area contributed by atoms with E-state index in [-0.39, 0.29) is 17.9 Å². The number of hydrogen-bond donors (Lipinski definition) is 1. The van der Waals surface area contributed by atoms with Gasteiger partial charge in [-0.25, -0.2) is 19.2 Å². The quantitative estimate of drug-likeness (QED) is 0.393. The van der Waals surface area contributed by atoms with Gasteiger partial charge in [0.05, 0.1) is 11.7 Å². The lowest BCUT2D eigenvalue weighted by Gasteiger charge is -2.24. The van der Waals surface area contributed by atoms with Gasteiger partial charge >= 0.3 is 6.03 Å². The summed E-state index contributed by atoms with van der Waals surface area (Å²) in [6, 6.07) is 8.20. The lowest BCUT2D eigenvalue weighted by molar-refractivity contribution is 0.196. The van der Waals surface area contributed by atoms with E-state index in [0.29, 0.717) is 34.2 Å². The number of thiazole rings is 1. The van der Waals surface area contributed by atoms with Crippen molar-refractivity contribution in [2.24, 2.45) is 0 Å². The van der Waals surface area contributed by atoms with Gasteiger partial charge < -0.3 is 20.0 Å². The van der Waals surface area contributed by atoms with Crippen molar-refractivity contribution in [3.8, 4) is 17.3 Å². The molecule has 0 bridgehead atoms.